The summed E-state index contributed by atoms with van der Waals surface area (Å²) in [6, 6.07) is 0. The Balaban J connectivity index is 3.11. The van der Waals surface area contributed by atoms with Crippen molar-refractivity contribution in [3.05, 3.63) is 0 Å². The molecule has 1 atom stereocenters. The van der Waals surface area contributed by atoms with Gasteiger partial charge in [0.05, 0.1) is 0 Å². The number of hydrogen-bond donors (Lipinski definition) is 0. The van der Waals surface area contributed by atoms with E-state index in [0.29, 0.717) is 0 Å². The molecule has 0 aromatic heterocycles. The van der Waals surface area contributed by atoms with Gasteiger partial charge in [0.2, 0.25) is 0 Å². The Kier molecular flexibility index (Phi) is 29.0. The van der Waals surface area contributed by atoms with Crippen molar-refractivity contribution in [3.8, 4) is 0 Å². The second kappa shape index (κ2) is 29.0. The molecule has 0 fully saturated rings. The van der Waals surface area contributed by atoms with Gasteiger partial charge in [0.15, 0.2) is 0 Å². The molecule has 32 heavy (non-hydrogen) atoms. The van der Waals surface area contributed by atoms with Crippen LogP contribution in [0.3, 0.4) is 0 Å². The van der Waals surface area contributed by atoms with E-state index in [1.54, 1.807) is 0 Å². The van der Waals surface area contributed by atoms with Crippen LogP contribution in [0.1, 0.15) is 201 Å². The summed E-state index contributed by atoms with van der Waals surface area (Å²) in [7, 11) is 0. The molecule has 0 N–H and O–H groups in total. The molecule has 0 spiro atoms. The highest BCUT2D eigenvalue weighted by Gasteiger charge is 2.02. The summed E-state index contributed by atoms with van der Waals surface area (Å²) in [4.78, 5) is 0. The van der Waals surface area contributed by atoms with Crippen LogP contribution in [0.2, 0.25) is 0 Å². The first kappa shape index (κ1) is 32.0. The maximum absolute atomic E-state index is 2.50. The molecule has 0 aliphatic carbocycles. The van der Waals surface area contributed by atoms with Gasteiger partial charge in [-0.3, -0.25) is 0 Å². The first-order chi connectivity index (χ1) is 15.8. The van der Waals surface area contributed by atoms with Gasteiger partial charge >= 0.3 is 0 Å². The average Bonchev–Trinajstić information content (AvgIpc) is 2.80. The number of rotatable bonds is 28. The Bertz CT molecular complexity index is 307. The zero-order valence-electron chi connectivity index (χ0n) is 23.4. The Morgan fingerprint density at radius 1 is 0.281 bits per heavy atom. The second-order valence-electron chi connectivity index (χ2n) is 11.2. The van der Waals surface area contributed by atoms with Crippen molar-refractivity contribution in [2.75, 3.05) is 0 Å². The Labute approximate surface area is 206 Å². The van der Waals surface area contributed by atoms with Gasteiger partial charge in [0, 0.05) is 0 Å². The molecule has 0 aliphatic rings. The zero-order chi connectivity index (χ0) is 23.4. The fraction of sp³-hybridized carbons (Fsp3) is 1.00. The van der Waals surface area contributed by atoms with Crippen LogP contribution in [0, 0.1) is 5.92 Å². The lowest BCUT2D eigenvalue weighted by Crippen LogP contribution is -1.95. The maximum atomic E-state index is 2.50. The molecule has 0 heteroatoms. The Hall–Kier alpha value is 0. The van der Waals surface area contributed by atoms with E-state index in [2.05, 4.69) is 20.8 Å². The first-order valence-electron chi connectivity index (χ1n) is 15.8. The molecular formula is C32H66. The van der Waals surface area contributed by atoms with Crippen molar-refractivity contribution in [1.29, 1.82) is 0 Å². The normalized spacial score (nSPS) is 12.5. The van der Waals surface area contributed by atoms with Crippen LogP contribution >= 0.6 is 0 Å². The van der Waals surface area contributed by atoms with E-state index in [-0.39, 0.29) is 0 Å². The topological polar surface area (TPSA) is 0 Å². The van der Waals surface area contributed by atoms with Crippen LogP contribution in [0.4, 0.5) is 0 Å². The molecule has 0 amide bonds. The van der Waals surface area contributed by atoms with Gasteiger partial charge in [-0.2, -0.15) is 0 Å². The lowest BCUT2D eigenvalue weighted by Gasteiger charge is -2.11. The summed E-state index contributed by atoms with van der Waals surface area (Å²) in [5, 5.41) is 0. The molecule has 194 valence electrons. The van der Waals surface area contributed by atoms with Gasteiger partial charge in [-0.05, 0) is 5.92 Å². The summed E-state index contributed by atoms with van der Waals surface area (Å²) in [6.07, 6.45) is 41.3. The lowest BCUT2D eigenvalue weighted by atomic mass is 9.95. The standard InChI is InChI=1S/C32H66/c1-4-6-8-10-12-14-15-16-17-18-19-20-21-23-25-27-29-31-32(3)30-28-26-24-22-13-11-9-7-5-2/h32H,4-31H2,1-3H3. The smallest absolute Gasteiger partial charge is 0.0443 e. The van der Waals surface area contributed by atoms with Gasteiger partial charge < -0.3 is 0 Å². The van der Waals surface area contributed by atoms with E-state index in [1.807, 2.05) is 0 Å². The third-order valence-electron chi connectivity index (χ3n) is 7.60. The third-order valence-corrected chi connectivity index (χ3v) is 7.60. The van der Waals surface area contributed by atoms with E-state index in [0.717, 1.165) is 5.92 Å². The van der Waals surface area contributed by atoms with E-state index < -0.39 is 0 Å². The van der Waals surface area contributed by atoms with Crippen molar-refractivity contribution >= 4 is 0 Å². The van der Waals surface area contributed by atoms with E-state index in [1.165, 1.54) is 180 Å². The average molecular weight is 451 g/mol. The Morgan fingerprint density at radius 2 is 0.469 bits per heavy atom. The number of unbranched alkanes of at least 4 members (excludes halogenated alkanes) is 24. The van der Waals surface area contributed by atoms with Gasteiger partial charge in [0.1, 0.15) is 0 Å². The maximum Gasteiger partial charge on any atom is -0.0443 e. The zero-order valence-corrected chi connectivity index (χ0v) is 23.4. The minimum absolute atomic E-state index is 0.968. The summed E-state index contributed by atoms with van der Waals surface area (Å²) >= 11 is 0. The van der Waals surface area contributed by atoms with Crippen LogP contribution < -0.4 is 0 Å². The minimum atomic E-state index is 0.968. The molecule has 0 rings (SSSR count). The molecule has 0 heterocycles. The van der Waals surface area contributed by atoms with Crippen LogP contribution in [-0.4, -0.2) is 0 Å². The van der Waals surface area contributed by atoms with E-state index in [4.69, 9.17) is 0 Å². The molecule has 0 aliphatic heterocycles. The molecule has 1 unspecified atom stereocenters. The Morgan fingerprint density at radius 3 is 0.688 bits per heavy atom. The highest BCUT2D eigenvalue weighted by Crippen LogP contribution is 2.19. The van der Waals surface area contributed by atoms with Crippen LogP contribution in [-0.2, 0) is 0 Å². The van der Waals surface area contributed by atoms with Crippen LogP contribution in [0.15, 0.2) is 0 Å². The first-order valence-corrected chi connectivity index (χ1v) is 15.8. The molecule has 0 nitrogen and oxygen atoms in total. The predicted molar refractivity (Wildman–Crippen MR) is 150 cm³/mol. The van der Waals surface area contributed by atoms with Crippen molar-refractivity contribution in [2.24, 2.45) is 5.92 Å². The van der Waals surface area contributed by atoms with Crippen LogP contribution in [0.5, 0.6) is 0 Å². The summed E-state index contributed by atoms with van der Waals surface area (Å²) in [5.74, 6) is 0.968. The highest BCUT2D eigenvalue weighted by atomic mass is 14.1. The number of hydrogen-bond acceptors (Lipinski definition) is 0. The van der Waals surface area contributed by atoms with Gasteiger partial charge in [-0.15, -0.1) is 0 Å². The largest absolute Gasteiger partial charge is 0.0654 e. The molecule has 0 bridgehead atoms. The second-order valence-corrected chi connectivity index (χ2v) is 11.2. The lowest BCUT2D eigenvalue weighted by molar-refractivity contribution is 0.430. The quantitative estimate of drug-likeness (QED) is 0.104. The molecule has 0 aromatic rings. The summed E-state index contributed by atoms with van der Waals surface area (Å²) in [6.45, 7) is 7.11. The van der Waals surface area contributed by atoms with Gasteiger partial charge in [0.25, 0.3) is 0 Å². The van der Waals surface area contributed by atoms with Crippen molar-refractivity contribution in [3.63, 3.8) is 0 Å². The fourth-order valence-electron chi connectivity index (χ4n) is 5.17. The van der Waals surface area contributed by atoms with Crippen molar-refractivity contribution in [1.82, 2.24) is 0 Å². The fourth-order valence-corrected chi connectivity index (χ4v) is 5.17. The molecule has 0 radical (unpaired) electrons. The minimum Gasteiger partial charge on any atom is -0.0654 e. The molecule has 0 saturated heterocycles. The van der Waals surface area contributed by atoms with Gasteiger partial charge in [-0.1, -0.05) is 201 Å². The molecular weight excluding hydrogens is 384 g/mol. The summed E-state index contributed by atoms with van der Waals surface area (Å²) < 4.78 is 0. The highest BCUT2D eigenvalue weighted by molar-refractivity contribution is 4.56. The van der Waals surface area contributed by atoms with Crippen molar-refractivity contribution < 1.29 is 0 Å². The predicted octanol–water partition coefficient (Wildman–Crippen LogP) is 12.6. The van der Waals surface area contributed by atoms with Crippen molar-refractivity contribution in [2.45, 2.75) is 201 Å². The molecule has 0 aromatic carbocycles. The monoisotopic (exact) mass is 451 g/mol. The molecule has 0 saturated carbocycles. The van der Waals surface area contributed by atoms with E-state index >= 15 is 0 Å². The summed E-state index contributed by atoms with van der Waals surface area (Å²) in [5.41, 5.74) is 0. The van der Waals surface area contributed by atoms with E-state index in [9.17, 15) is 0 Å². The van der Waals surface area contributed by atoms with Gasteiger partial charge in [-0.25, -0.2) is 0 Å². The third kappa shape index (κ3) is 28.0. The van der Waals surface area contributed by atoms with Crippen LogP contribution in [0.25, 0.3) is 0 Å². The SMILES string of the molecule is CCCCCCCCCCCCCCCCCCCC(C)CCCCCCCCCCC.